The molecule has 1 saturated heterocycles. The molecule has 2 heterocycles. The van der Waals surface area contributed by atoms with Gasteiger partial charge in [-0.25, -0.2) is 0 Å². The molecule has 5 heteroatoms. The van der Waals surface area contributed by atoms with E-state index in [4.69, 9.17) is 4.74 Å². The van der Waals surface area contributed by atoms with Gasteiger partial charge in [0.05, 0.1) is 12.1 Å². The zero-order valence-corrected chi connectivity index (χ0v) is 13.3. The number of likely N-dealkylation sites (N-methyl/N-ethyl adjacent to an activating group) is 1. The number of hydrogen-bond donors (Lipinski definition) is 1. The Labute approximate surface area is 125 Å². The van der Waals surface area contributed by atoms with Crippen LogP contribution >= 0.6 is 11.3 Å². The van der Waals surface area contributed by atoms with E-state index in [1.165, 1.54) is 9.75 Å². The van der Waals surface area contributed by atoms with Gasteiger partial charge < -0.3 is 15.0 Å². The molecule has 1 N–H and O–H groups in total. The van der Waals surface area contributed by atoms with Crippen LogP contribution in [0.25, 0.3) is 0 Å². The molecule has 1 aliphatic rings. The van der Waals surface area contributed by atoms with Gasteiger partial charge in [-0.1, -0.05) is 0 Å². The first-order valence-corrected chi connectivity index (χ1v) is 8.04. The van der Waals surface area contributed by atoms with Crippen LogP contribution in [0.3, 0.4) is 0 Å². The summed E-state index contributed by atoms with van der Waals surface area (Å²) >= 11 is 1.74. The number of carbonyl (C=O) groups is 1. The highest BCUT2D eigenvalue weighted by Crippen LogP contribution is 2.26. The lowest BCUT2D eigenvalue weighted by atomic mass is 10.1. The molecule has 1 fully saturated rings. The van der Waals surface area contributed by atoms with Gasteiger partial charge in [-0.3, -0.25) is 4.79 Å². The molecule has 0 radical (unpaired) electrons. The van der Waals surface area contributed by atoms with E-state index in [9.17, 15) is 4.79 Å². The minimum Gasteiger partial charge on any atom is -0.368 e. The predicted molar refractivity (Wildman–Crippen MR) is 82.1 cm³/mol. The van der Waals surface area contributed by atoms with Crippen LogP contribution in [0.4, 0.5) is 0 Å². The SMILES string of the molecule is Cc1ccc(C(C)N(C)C(=O)COC2CCNCC2)s1. The van der Waals surface area contributed by atoms with Crippen LogP contribution in [0, 0.1) is 6.92 Å². The highest BCUT2D eigenvalue weighted by Gasteiger charge is 2.21. The quantitative estimate of drug-likeness (QED) is 0.907. The van der Waals surface area contributed by atoms with E-state index in [-0.39, 0.29) is 24.7 Å². The van der Waals surface area contributed by atoms with E-state index < -0.39 is 0 Å². The zero-order valence-electron chi connectivity index (χ0n) is 12.5. The first kappa shape index (κ1) is 15.5. The lowest BCUT2D eigenvalue weighted by molar-refractivity contribution is -0.139. The maximum absolute atomic E-state index is 12.2. The highest BCUT2D eigenvalue weighted by atomic mass is 32.1. The van der Waals surface area contributed by atoms with Crippen LogP contribution in [0.5, 0.6) is 0 Å². The molecule has 1 aromatic heterocycles. The monoisotopic (exact) mass is 296 g/mol. The smallest absolute Gasteiger partial charge is 0.248 e. The van der Waals surface area contributed by atoms with Crippen molar-refractivity contribution in [1.82, 2.24) is 10.2 Å². The molecule has 0 aliphatic carbocycles. The van der Waals surface area contributed by atoms with Crippen LogP contribution in [-0.2, 0) is 9.53 Å². The minimum atomic E-state index is 0.0575. The third-order valence-corrected chi connectivity index (χ3v) is 5.05. The summed E-state index contributed by atoms with van der Waals surface area (Å²) in [6, 6.07) is 4.31. The summed E-state index contributed by atoms with van der Waals surface area (Å²) in [5.74, 6) is 0.0575. The van der Waals surface area contributed by atoms with Crippen molar-refractivity contribution in [3.8, 4) is 0 Å². The molecule has 2 rings (SSSR count). The first-order chi connectivity index (χ1) is 9.58. The van der Waals surface area contributed by atoms with Crippen LogP contribution in [0.15, 0.2) is 12.1 Å². The summed E-state index contributed by atoms with van der Waals surface area (Å²) in [4.78, 5) is 16.5. The normalized spacial score (nSPS) is 17.9. The first-order valence-electron chi connectivity index (χ1n) is 7.22. The van der Waals surface area contributed by atoms with Gasteiger partial charge in [-0.05, 0) is 51.9 Å². The molecule has 112 valence electrons. The number of thiophene rings is 1. The van der Waals surface area contributed by atoms with Crippen molar-refractivity contribution in [3.63, 3.8) is 0 Å². The van der Waals surface area contributed by atoms with Crippen molar-refractivity contribution in [2.45, 2.75) is 38.8 Å². The second-order valence-corrected chi connectivity index (χ2v) is 6.71. The Kier molecular flexibility index (Phi) is 5.57. The molecule has 0 spiro atoms. The summed E-state index contributed by atoms with van der Waals surface area (Å²) in [5, 5.41) is 3.29. The summed E-state index contributed by atoms with van der Waals surface area (Å²) in [6.45, 7) is 6.31. The molecule has 1 aromatic rings. The summed E-state index contributed by atoms with van der Waals surface area (Å²) in [6.07, 6.45) is 2.22. The molecule has 20 heavy (non-hydrogen) atoms. The molecule has 0 saturated carbocycles. The summed E-state index contributed by atoms with van der Waals surface area (Å²) in [5.41, 5.74) is 0. The zero-order chi connectivity index (χ0) is 14.5. The Morgan fingerprint density at radius 2 is 2.20 bits per heavy atom. The third-order valence-electron chi connectivity index (χ3n) is 3.88. The van der Waals surface area contributed by atoms with Gasteiger partial charge in [-0.15, -0.1) is 11.3 Å². The second-order valence-electron chi connectivity index (χ2n) is 5.39. The van der Waals surface area contributed by atoms with Crippen molar-refractivity contribution in [1.29, 1.82) is 0 Å². The number of nitrogens with zero attached hydrogens (tertiary/aromatic N) is 1. The van der Waals surface area contributed by atoms with Crippen LogP contribution < -0.4 is 5.32 Å². The summed E-state index contributed by atoms with van der Waals surface area (Å²) < 4.78 is 5.73. The van der Waals surface area contributed by atoms with E-state index in [0.717, 1.165) is 25.9 Å². The highest BCUT2D eigenvalue weighted by molar-refractivity contribution is 7.12. The lowest BCUT2D eigenvalue weighted by Gasteiger charge is -2.27. The topological polar surface area (TPSA) is 41.6 Å². The van der Waals surface area contributed by atoms with E-state index in [1.807, 2.05) is 7.05 Å². The molecule has 0 aromatic carbocycles. The van der Waals surface area contributed by atoms with Crippen molar-refractivity contribution in [2.24, 2.45) is 0 Å². The van der Waals surface area contributed by atoms with Gasteiger partial charge in [0.25, 0.3) is 0 Å². The molecular formula is C15H24N2O2S. The van der Waals surface area contributed by atoms with Crippen molar-refractivity contribution >= 4 is 17.2 Å². The maximum atomic E-state index is 12.2. The van der Waals surface area contributed by atoms with Gasteiger partial charge in [0.2, 0.25) is 5.91 Å². The molecule has 1 aliphatic heterocycles. The number of piperidine rings is 1. The van der Waals surface area contributed by atoms with E-state index in [0.29, 0.717) is 0 Å². The van der Waals surface area contributed by atoms with E-state index >= 15 is 0 Å². The van der Waals surface area contributed by atoms with Crippen molar-refractivity contribution < 1.29 is 9.53 Å². The van der Waals surface area contributed by atoms with Gasteiger partial charge in [0.15, 0.2) is 0 Å². The fraction of sp³-hybridized carbons (Fsp3) is 0.667. The fourth-order valence-electron chi connectivity index (χ4n) is 2.34. The Hall–Kier alpha value is -0.910. The Morgan fingerprint density at radius 1 is 1.50 bits per heavy atom. The van der Waals surface area contributed by atoms with Gasteiger partial charge >= 0.3 is 0 Å². The lowest BCUT2D eigenvalue weighted by Crippen LogP contribution is -2.37. The Bertz CT molecular complexity index is 441. The number of ether oxygens (including phenoxy) is 1. The molecular weight excluding hydrogens is 272 g/mol. The van der Waals surface area contributed by atoms with Gasteiger partial charge in [0.1, 0.15) is 6.61 Å². The average Bonchev–Trinajstić information content (AvgIpc) is 2.91. The van der Waals surface area contributed by atoms with E-state index in [1.54, 1.807) is 16.2 Å². The molecule has 1 unspecified atom stereocenters. The number of rotatable bonds is 5. The molecule has 1 amide bonds. The Morgan fingerprint density at radius 3 is 2.80 bits per heavy atom. The standard InChI is InChI=1S/C15H24N2O2S/c1-11-4-5-14(20-11)12(2)17(3)15(18)10-19-13-6-8-16-9-7-13/h4-5,12-13,16H,6-10H2,1-3H3. The van der Waals surface area contributed by atoms with Gasteiger partial charge in [0, 0.05) is 16.8 Å². The Balaban J connectivity index is 1.81. The number of aryl methyl sites for hydroxylation is 1. The van der Waals surface area contributed by atoms with E-state index in [2.05, 4.69) is 31.3 Å². The number of amides is 1. The molecule has 4 nitrogen and oxygen atoms in total. The number of nitrogens with one attached hydrogen (secondary N) is 1. The molecule has 0 bridgehead atoms. The van der Waals surface area contributed by atoms with Crippen LogP contribution in [0.1, 0.15) is 35.6 Å². The predicted octanol–water partition coefficient (Wildman–Crippen LogP) is 2.34. The number of carbonyl (C=O) groups excluding carboxylic acids is 1. The number of hydrogen-bond acceptors (Lipinski definition) is 4. The average molecular weight is 296 g/mol. The fourth-order valence-corrected chi connectivity index (χ4v) is 3.31. The van der Waals surface area contributed by atoms with Crippen molar-refractivity contribution in [2.75, 3.05) is 26.7 Å². The second kappa shape index (κ2) is 7.20. The third kappa shape index (κ3) is 4.04. The molecule has 1 atom stereocenters. The van der Waals surface area contributed by atoms with Gasteiger partial charge in [-0.2, -0.15) is 0 Å². The van der Waals surface area contributed by atoms with Crippen LogP contribution in [-0.4, -0.2) is 43.7 Å². The maximum Gasteiger partial charge on any atom is 0.248 e. The van der Waals surface area contributed by atoms with Crippen molar-refractivity contribution in [3.05, 3.63) is 21.9 Å². The minimum absolute atomic E-state index is 0.0575. The van der Waals surface area contributed by atoms with Crippen LogP contribution in [0.2, 0.25) is 0 Å². The summed E-state index contributed by atoms with van der Waals surface area (Å²) in [7, 11) is 1.85. The largest absolute Gasteiger partial charge is 0.368 e.